The molecular weight excluding hydrogens is 342 g/mol. The average molecular weight is 366 g/mol. The van der Waals surface area contributed by atoms with Crippen LogP contribution < -0.4 is 9.62 Å². The van der Waals surface area contributed by atoms with Crippen LogP contribution in [0.2, 0.25) is 0 Å². The third-order valence-electron chi connectivity index (χ3n) is 4.02. The minimum Gasteiger partial charge on any atom is -0.361 e. The molecule has 7 heteroatoms. The summed E-state index contributed by atoms with van der Waals surface area (Å²) in [5, 5.41) is 6.31. The molecule has 2 aromatic rings. The molecule has 5 nitrogen and oxygen atoms in total. The van der Waals surface area contributed by atoms with Gasteiger partial charge >= 0.3 is 0 Å². The summed E-state index contributed by atoms with van der Waals surface area (Å²) in [5.74, 6) is 0.572. The lowest BCUT2D eigenvalue weighted by Crippen LogP contribution is -2.34. The van der Waals surface area contributed by atoms with Crippen molar-refractivity contribution in [2.24, 2.45) is 5.92 Å². The molecule has 1 aliphatic rings. The summed E-state index contributed by atoms with van der Waals surface area (Å²) in [7, 11) is -3.22. The smallest absolute Gasteiger partial charge is 0.232 e. The average Bonchev–Trinajstić information content (AvgIpc) is 3.00. The predicted octanol–water partition coefficient (Wildman–Crippen LogP) is 3.59. The number of benzene rings is 1. The highest BCUT2D eigenvalue weighted by molar-refractivity contribution is 7.92. The van der Waals surface area contributed by atoms with Crippen LogP contribution in [0, 0.1) is 5.92 Å². The van der Waals surface area contributed by atoms with Crippen LogP contribution in [0.15, 0.2) is 23.6 Å². The number of fused-ring (bicyclic) bond motifs is 1. The van der Waals surface area contributed by atoms with E-state index in [0.717, 1.165) is 47.0 Å². The number of nitrogens with zero attached hydrogens (tertiary/aromatic N) is 2. The molecule has 0 aliphatic carbocycles. The van der Waals surface area contributed by atoms with E-state index in [0.29, 0.717) is 12.5 Å². The van der Waals surface area contributed by atoms with Gasteiger partial charge in [-0.1, -0.05) is 19.9 Å². The zero-order valence-corrected chi connectivity index (χ0v) is 15.9. The molecule has 130 valence electrons. The molecule has 1 aliphatic heterocycles. The third-order valence-corrected chi connectivity index (χ3v) is 6.00. The van der Waals surface area contributed by atoms with Gasteiger partial charge in [0.2, 0.25) is 10.0 Å². The summed E-state index contributed by atoms with van der Waals surface area (Å²) in [6.07, 6.45) is 3.02. The van der Waals surface area contributed by atoms with Gasteiger partial charge in [-0.3, -0.25) is 4.31 Å². The molecular formula is C17H23N3O2S2. The highest BCUT2D eigenvalue weighted by atomic mass is 32.2. The Morgan fingerprint density at radius 3 is 2.88 bits per heavy atom. The Labute approximate surface area is 147 Å². The lowest BCUT2D eigenvalue weighted by Gasteiger charge is -2.29. The maximum Gasteiger partial charge on any atom is 0.232 e. The predicted molar refractivity (Wildman–Crippen MR) is 101 cm³/mol. The van der Waals surface area contributed by atoms with E-state index >= 15 is 0 Å². The van der Waals surface area contributed by atoms with Crippen molar-refractivity contribution >= 4 is 32.2 Å². The molecule has 0 spiro atoms. The Bertz CT molecular complexity index is 828. The number of aromatic nitrogens is 1. The van der Waals surface area contributed by atoms with E-state index < -0.39 is 10.0 Å². The third kappa shape index (κ3) is 3.72. The lowest BCUT2D eigenvalue weighted by atomic mass is 10.00. The molecule has 24 heavy (non-hydrogen) atoms. The van der Waals surface area contributed by atoms with Crippen LogP contribution in [0.4, 0.5) is 10.8 Å². The van der Waals surface area contributed by atoms with Gasteiger partial charge in [0, 0.05) is 24.0 Å². The van der Waals surface area contributed by atoms with E-state index in [9.17, 15) is 8.42 Å². The van der Waals surface area contributed by atoms with Crippen molar-refractivity contribution in [1.82, 2.24) is 4.98 Å². The fourth-order valence-electron chi connectivity index (χ4n) is 2.85. The Kier molecular flexibility index (Phi) is 4.83. The van der Waals surface area contributed by atoms with Crippen molar-refractivity contribution in [3.8, 4) is 11.3 Å². The van der Waals surface area contributed by atoms with Crippen LogP contribution in [0.25, 0.3) is 11.3 Å². The molecule has 0 amide bonds. The van der Waals surface area contributed by atoms with E-state index in [2.05, 4.69) is 30.2 Å². The van der Waals surface area contributed by atoms with Gasteiger partial charge in [0.15, 0.2) is 5.13 Å². The molecule has 0 radical (unpaired) electrons. The molecule has 0 atom stereocenters. The normalized spacial score (nSPS) is 14.8. The highest BCUT2D eigenvalue weighted by Gasteiger charge is 2.24. The second-order valence-corrected chi connectivity index (χ2v) is 9.36. The zero-order chi connectivity index (χ0) is 17.3. The van der Waals surface area contributed by atoms with Crippen LogP contribution in [0.3, 0.4) is 0 Å². The molecule has 1 aromatic heterocycles. The molecule has 0 saturated heterocycles. The van der Waals surface area contributed by atoms with Gasteiger partial charge in [0.1, 0.15) is 0 Å². The van der Waals surface area contributed by atoms with Crippen molar-refractivity contribution in [3.63, 3.8) is 0 Å². The van der Waals surface area contributed by atoms with Crippen LogP contribution in [0.5, 0.6) is 0 Å². The molecule has 3 rings (SSSR count). The summed E-state index contributed by atoms with van der Waals surface area (Å²) in [4.78, 5) is 4.64. The first-order chi connectivity index (χ1) is 11.3. The van der Waals surface area contributed by atoms with Gasteiger partial charge in [-0.15, -0.1) is 11.3 Å². The first-order valence-corrected chi connectivity index (χ1v) is 10.9. The van der Waals surface area contributed by atoms with E-state index in [1.165, 1.54) is 10.6 Å². The summed E-state index contributed by atoms with van der Waals surface area (Å²) in [6, 6.07) is 5.95. The topological polar surface area (TPSA) is 62.3 Å². The van der Waals surface area contributed by atoms with Crippen LogP contribution >= 0.6 is 11.3 Å². The van der Waals surface area contributed by atoms with Gasteiger partial charge in [-0.2, -0.15) is 0 Å². The first-order valence-electron chi connectivity index (χ1n) is 8.15. The highest BCUT2D eigenvalue weighted by Crippen LogP contribution is 2.33. The SMILES string of the molecule is CC(C)CNc1nc(-c2ccc3c(c2)CCCN3S(C)(=O)=O)cs1. The molecule has 1 aromatic carbocycles. The van der Waals surface area contributed by atoms with Crippen LogP contribution in [-0.2, 0) is 16.4 Å². The Morgan fingerprint density at radius 1 is 1.38 bits per heavy atom. The number of hydrogen-bond acceptors (Lipinski definition) is 5. The molecule has 1 N–H and O–H groups in total. The van der Waals surface area contributed by atoms with Crippen molar-refractivity contribution in [2.75, 3.05) is 29.0 Å². The molecule has 2 heterocycles. The lowest BCUT2D eigenvalue weighted by molar-refractivity contribution is 0.592. The number of thiazole rings is 1. The van der Waals surface area contributed by atoms with E-state index in [1.807, 2.05) is 17.5 Å². The number of sulfonamides is 1. The van der Waals surface area contributed by atoms with E-state index in [1.54, 1.807) is 11.3 Å². The Balaban J connectivity index is 1.86. The second-order valence-electron chi connectivity index (χ2n) is 6.59. The Morgan fingerprint density at radius 2 is 2.17 bits per heavy atom. The monoisotopic (exact) mass is 365 g/mol. The van der Waals surface area contributed by atoms with Crippen molar-refractivity contribution in [1.29, 1.82) is 0 Å². The van der Waals surface area contributed by atoms with Crippen LogP contribution in [0.1, 0.15) is 25.8 Å². The van der Waals surface area contributed by atoms with Gasteiger partial charge in [-0.05, 0) is 36.5 Å². The number of nitrogens with one attached hydrogen (secondary N) is 1. The van der Waals surface area contributed by atoms with Crippen LogP contribution in [-0.4, -0.2) is 32.7 Å². The summed E-state index contributed by atoms with van der Waals surface area (Å²) >= 11 is 1.60. The van der Waals surface area contributed by atoms with Crippen molar-refractivity contribution in [2.45, 2.75) is 26.7 Å². The van der Waals surface area contributed by atoms with Crippen molar-refractivity contribution < 1.29 is 8.42 Å². The van der Waals surface area contributed by atoms with E-state index in [4.69, 9.17) is 0 Å². The number of hydrogen-bond donors (Lipinski definition) is 1. The zero-order valence-electron chi connectivity index (χ0n) is 14.2. The maximum absolute atomic E-state index is 11.9. The summed E-state index contributed by atoms with van der Waals surface area (Å²) < 4.78 is 25.4. The van der Waals surface area contributed by atoms with Gasteiger partial charge in [-0.25, -0.2) is 13.4 Å². The molecule has 0 fully saturated rings. The van der Waals surface area contributed by atoms with E-state index in [-0.39, 0.29) is 0 Å². The second kappa shape index (κ2) is 6.72. The first kappa shape index (κ1) is 17.2. The fraction of sp³-hybridized carbons (Fsp3) is 0.471. The number of rotatable bonds is 5. The van der Waals surface area contributed by atoms with Gasteiger partial charge in [0.25, 0.3) is 0 Å². The quantitative estimate of drug-likeness (QED) is 0.879. The Hall–Kier alpha value is -1.60. The number of anilines is 2. The van der Waals surface area contributed by atoms with Gasteiger partial charge in [0.05, 0.1) is 17.6 Å². The molecule has 0 saturated carbocycles. The van der Waals surface area contributed by atoms with Crippen molar-refractivity contribution in [3.05, 3.63) is 29.1 Å². The largest absolute Gasteiger partial charge is 0.361 e. The maximum atomic E-state index is 11.9. The molecule has 0 unspecified atom stereocenters. The number of aryl methyl sites for hydroxylation is 1. The van der Waals surface area contributed by atoms with Gasteiger partial charge < -0.3 is 5.32 Å². The fourth-order valence-corrected chi connectivity index (χ4v) is 4.57. The summed E-state index contributed by atoms with van der Waals surface area (Å²) in [5.41, 5.74) is 3.86. The standard InChI is InChI=1S/C17H23N3O2S2/c1-12(2)10-18-17-19-15(11-23-17)13-6-7-16-14(9-13)5-4-8-20(16)24(3,21)22/h6-7,9,11-12H,4-5,8,10H2,1-3H3,(H,18,19). The molecule has 0 bridgehead atoms. The summed E-state index contributed by atoms with van der Waals surface area (Å²) in [6.45, 7) is 5.79. The minimum absolute atomic E-state index is 0.561. The minimum atomic E-state index is -3.22.